The van der Waals surface area contributed by atoms with Gasteiger partial charge >= 0.3 is 0 Å². The number of benzene rings is 1. The number of nitrogens with one attached hydrogen (secondary N) is 1. The maximum Gasteiger partial charge on any atom is 0.255 e. The molecule has 1 aromatic carbocycles. The molecule has 31 heavy (non-hydrogen) atoms. The Balaban J connectivity index is 1.30. The highest BCUT2D eigenvalue weighted by Gasteiger charge is 2.06. The van der Waals surface area contributed by atoms with Crippen molar-refractivity contribution >= 4 is 11.8 Å². The fraction of sp³-hybridized carbons (Fsp3) is 0.400. The number of methoxy groups -OCH3 is 1. The minimum atomic E-state index is -0.0771. The van der Waals surface area contributed by atoms with Gasteiger partial charge in [-0.1, -0.05) is 67.8 Å². The van der Waals surface area contributed by atoms with E-state index in [4.69, 9.17) is 4.74 Å². The minimum Gasteiger partial charge on any atom is -0.481 e. The number of nitrogens with zero attached hydrogens (tertiary/aromatic N) is 2. The fourth-order valence-electron chi connectivity index (χ4n) is 3.45. The van der Waals surface area contributed by atoms with Gasteiger partial charge in [-0.25, -0.2) is 9.97 Å². The minimum absolute atomic E-state index is 0.0771. The van der Waals surface area contributed by atoms with Crippen molar-refractivity contribution in [3.05, 3.63) is 81.9 Å². The highest BCUT2D eigenvalue weighted by atomic mass is 32.2. The summed E-state index contributed by atoms with van der Waals surface area (Å²) in [6.45, 7) is 0. The Kier molecular flexibility index (Phi) is 9.64. The molecule has 2 heterocycles. The van der Waals surface area contributed by atoms with Crippen molar-refractivity contribution in [2.24, 2.45) is 0 Å². The summed E-state index contributed by atoms with van der Waals surface area (Å²) >= 11 is 1.62. The molecule has 0 amide bonds. The Morgan fingerprint density at radius 3 is 2.48 bits per heavy atom. The normalized spacial score (nSPS) is 10.9. The van der Waals surface area contributed by atoms with Gasteiger partial charge in [0.25, 0.3) is 5.56 Å². The number of aryl methyl sites for hydroxylation is 1. The topological polar surface area (TPSA) is 67.9 Å². The molecule has 0 radical (unpaired) electrons. The van der Waals surface area contributed by atoms with Crippen LogP contribution in [-0.2, 0) is 12.8 Å². The van der Waals surface area contributed by atoms with Crippen LogP contribution in [0.15, 0.2) is 64.8 Å². The molecule has 1 N–H and O–H groups in total. The number of pyridine rings is 1. The Bertz CT molecular complexity index is 976. The van der Waals surface area contributed by atoms with E-state index in [2.05, 4.69) is 45.3 Å². The molecule has 0 bridgehead atoms. The first kappa shape index (κ1) is 23.1. The van der Waals surface area contributed by atoms with Gasteiger partial charge in [0, 0.05) is 36.2 Å². The molecule has 0 saturated heterocycles. The van der Waals surface area contributed by atoms with E-state index in [0.29, 0.717) is 23.0 Å². The highest BCUT2D eigenvalue weighted by molar-refractivity contribution is 7.99. The molecule has 0 aliphatic carbocycles. The predicted octanol–water partition coefficient (Wildman–Crippen LogP) is 5.44. The number of H-pyrrole nitrogens is 1. The van der Waals surface area contributed by atoms with Gasteiger partial charge in [-0.05, 0) is 36.5 Å². The number of hydrogen-bond donors (Lipinski definition) is 1. The van der Waals surface area contributed by atoms with E-state index in [-0.39, 0.29) is 5.56 Å². The summed E-state index contributed by atoms with van der Waals surface area (Å²) in [5.41, 5.74) is 2.98. The largest absolute Gasteiger partial charge is 0.481 e. The average Bonchev–Trinajstić information content (AvgIpc) is 2.80. The van der Waals surface area contributed by atoms with E-state index >= 15 is 0 Å². The molecule has 0 atom stereocenters. The van der Waals surface area contributed by atoms with E-state index in [1.54, 1.807) is 31.3 Å². The highest BCUT2D eigenvalue weighted by Crippen LogP contribution is 2.16. The lowest BCUT2D eigenvalue weighted by atomic mass is 10.1. The van der Waals surface area contributed by atoms with Crippen LogP contribution in [-0.4, -0.2) is 27.8 Å². The van der Waals surface area contributed by atoms with Crippen LogP contribution < -0.4 is 10.3 Å². The van der Waals surface area contributed by atoms with Crippen LogP contribution in [0, 0.1) is 0 Å². The van der Waals surface area contributed by atoms with Crippen LogP contribution in [0.25, 0.3) is 0 Å². The quantitative estimate of drug-likeness (QED) is 0.219. The number of aromatic amines is 1. The second-order valence-corrected chi connectivity index (χ2v) is 8.71. The molecule has 6 heteroatoms. The molecule has 164 valence electrons. The summed E-state index contributed by atoms with van der Waals surface area (Å²) in [5, 5.41) is 0.698. The van der Waals surface area contributed by atoms with Crippen molar-refractivity contribution in [3.8, 4) is 5.88 Å². The van der Waals surface area contributed by atoms with Gasteiger partial charge in [0.05, 0.1) is 7.11 Å². The van der Waals surface area contributed by atoms with Crippen molar-refractivity contribution < 1.29 is 4.74 Å². The number of aromatic nitrogens is 3. The van der Waals surface area contributed by atoms with Crippen LogP contribution >= 0.6 is 11.8 Å². The molecular weight excluding hydrogens is 406 g/mol. The third-order valence-electron chi connectivity index (χ3n) is 5.19. The van der Waals surface area contributed by atoms with Crippen molar-refractivity contribution in [1.29, 1.82) is 0 Å². The van der Waals surface area contributed by atoms with Gasteiger partial charge in [0.2, 0.25) is 5.88 Å². The molecule has 0 fully saturated rings. The first-order valence-corrected chi connectivity index (χ1v) is 12.0. The predicted molar refractivity (Wildman–Crippen MR) is 127 cm³/mol. The smallest absolute Gasteiger partial charge is 0.255 e. The number of ether oxygens (including phenoxy) is 1. The van der Waals surface area contributed by atoms with Crippen molar-refractivity contribution in [2.45, 2.75) is 56.5 Å². The lowest BCUT2D eigenvalue weighted by Gasteiger charge is -2.05. The summed E-state index contributed by atoms with van der Waals surface area (Å²) < 4.78 is 5.14. The number of hydrogen-bond acceptors (Lipinski definition) is 5. The van der Waals surface area contributed by atoms with Gasteiger partial charge < -0.3 is 9.72 Å². The first-order chi connectivity index (χ1) is 15.2. The average molecular weight is 438 g/mol. The van der Waals surface area contributed by atoms with E-state index in [9.17, 15) is 4.79 Å². The summed E-state index contributed by atoms with van der Waals surface area (Å²) in [7, 11) is 1.58. The van der Waals surface area contributed by atoms with Crippen molar-refractivity contribution in [3.63, 3.8) is 0 Å². The Morgan fingerprint density at radius 2 is 1.71 bits per heavy atom. The zero-order valence-corrected chi connectivity index (χ0v) is 19.0. The van der Waals surface area contributed by atoms with E-state index < -0.39 is 0 Å². The summed E-state index contributed by atoms with van der Waals surface area (Å²) in [4.78, 5) is 23.8. The van der Waals surface area contributed by atoms with Crippen LogP contribution in [0.2, 0.25) is 0 Å². The number of unbranched alkanes of at least 4 members (excludes halogenated alkanes) is 5. The van der Waals surface area contributed by atoms with E-state index in [0.717, 1.165) is 17.7 Å². The van der Waals surface area contributed by atoms with Gasteiger partial charge in [0.1, 0.15) is 0 Å². The van der Waals surface area contributed by atoms with Crippen LogP contribution in [0.4, 0.5) is 0 Å². The molecule has 0 unspecified atom stereocenters. The molecule has 0 spiro atoms. The molecule has 2 aromatic heterocycles. The molecular formula is C25H31N3O2S. The van der Waals surface area contributed by atoms with Crippen molar-refractivity contribution in [2.75, 3.05) is 12.9 Å². The SMILES string of the molecule is COc1cc(Cc2cnc(SCCCCCCCCc3ccccc3)[nH]c2=O)ccn1. The van der Waals surface area contributed by atoms with Crippen LogP contribution in [0.5, 0.6) is 5.88 Å². The second-order valence-electron chi connectivity index (χ2n) is 7.63. The van der Waals surface area contributed by atoms with Gasteiger partial charge in [-0.2, -0.15) is 0 Å². The van der Waals surface area contributed by atoms with E-state index in [1.807, 2.05) is 12.1 Å². The van der Waals surface area contributed by atoms with Gasteiger partial charge in [-0.15, -0.1) is 0 Å². The van der Waals surface area contributed by atoms with Crippen LogP contribution in [0.3, 0.4) is 0 Å². The zero-order valence-electron chi connectivity index (χ0n) is 18.2. The van der Waals surface area contributed by atoms with Crippen LogP contribution in [0.1, 0.15) is 55.2 Å². The number of rotatable bonds is 13. The van der Waals surface area contributed by atoms with Crippen molar-refractivity contribution in [1.82, 2.24) is 15.0 Å². The summed E-state index contributed by atoms with van der Waals surface area (Å²) in [6.07, 6.45) is 12.6. The third kappa shape index (κ3) is 8.21. The molecule has 5 nitrogen and oxygen atoms in total. The molecule has 3 aromatic rings. The first-order valence-electron chi connectivity index (χ1n) is 11.0. The summed E-state index contributed by atoms with van der Waals surface area (Å²) in [5.74, 6) is 1.53. The third-order valence-corrected chi connectivity index (χ3v) is 6.17. The molecule has 3 rings (SSSR count). The molecule has 0 saturated carbocycles. The Hall–Kier alpha value is -2.60. The zero-order chi connectivity index (χ0) is 21.7. The summed E-state index contributed by atoms with van der Waals surface area (Å²) in [6, 6.07) is 14.4. The monoisotopic (exact) mass is 437 g/mol. The van der Waals surface area contributed by atoms with Gasteiger partial charge in [0.15, 0.2) is 5.16 Å². The number of thioether (sulfide) groups is 1. The fourth-order valence-corrected chi connectivity index (χ4v) is 4.28. The lowest BCUT2D eigenvalue weighted by Crippen LogP contribution is -2.14. The Morgan fingerprint density at radius 1 is 0.935 bits per heavy atom. The van der Waals surface area contributed by atoms with Gasteiger partial charge in [-0.3, -0.25) is 4.79 Å². The molecule has 0 aliphatic rings. The lowest BCUT2D eigenvalue weighted by molar-refractivity contribution is 0.397. The molecule has 0 aliphatic heterocycles. The maximum absolute atomic E-state index is 12.4. The van der Waals surface area contributed by atoms with E-state index in [1.165, 1.54) is 44.1 Å². The maximum atomic E-state index is 12.4. The standard InChI is InChI=1S/C25H31N3O2S/c1-30-23-18-21(14-15-26-23)17-22-19-27-25(28-24(22)29)31-16-10-5-3-2-4-7-11-20-12-8-6-9-13-20/h6,8-9,12-15,18-19H,2-5,7,10-11,16-17H2,1H3,(H,27,28,29). The Labute approximate surface area is 188 Å². The second kappa shape index (κ2) is 13.0.